The molecule has 15 heteroatoms. The summed E-state index contributed by atoms with van der Waals surface area (Å²) < 4.78 is 66.0. The van der Waals surface area contributed by atoms with Crippen molar-refractivity contribution >= 4 is 33.6 Å². The maximum Gasteiger partial charge on any atom is 0.312 e. The normalized spacial score (nSPS) is 19.3. The first-order valence-corrected chi connectivity index (χ1v) is 18.0. The van der Waals surface area contributed by atoms with E-state index < -0.39 is 33.7 Å². The molecule has 2 aromatic carbocycles. The number of benzene rings is 2. The first-order chi connectivity index (χ1) is 23.6. The number of halogens is 3. The molecule has 2 aliphatic rings. The van der Waals surface area contributed by atoms with Gasteiger partial charge in [-0.1, -0.05) is 36.2 Å². The Hall–Kier alpha value is -3.98. The van der Waals surface area contributed by atoms with Crippen LogP contribution in [-0.2, 0) is 14.4 Å². The van der Waals surface area contributed by atoms with Crippen LogP contribution in [0.4, 0.5) is 20.7 Å². The van der Waals surface area contributed by atoms with Gasteiger partial charge in [0.25, 0.3) is 0 Å². The second-order valence-corrected chi connectivity index (χ2v) is 14.6. The van der Waals surface area contributed by atoms with Crippen molar-refractivity contribution in [3.8, 4) is 5.75 Å². The van der Waals surface area contributed by atoms with E-state index in [9.17, 15) is 17.2 Å². The molecule has 0 bridgehead atoms. The summed E-state index contributed by atoms with van der Waals surface area (Å²) >= 11 is 5.92. The van der Waals surface area contributed by atoms with Crippen molar-refractivity contribution in [2.75, 3.05) is 42.6 Å². The number of rotatable bonds is 12. The second-order valence-electron chi connectivity index (χ2n) is 12.6. The lowest BCUT2D eigenvalue weighted by Gasteiger charge is -2.34. The van der Waals surface area contributed by atoms with Crippen molar-refractivity contribution in [3.05, 3.63) is 95.0 Å². The largest absolute Gasteiger partial charge is 0.490 e. The minimum absolute atomic E-state index is 0.0306. The van der Waals surface area contributed by atoms with Gasteiger partial charge in [0.1, 0.15) is 11.6 Å². The van der Waals surface area contributed by atoms with Crippen LogP contribution in [0.1, 0.15) is 43.2 Å². The highest BCUT2D eigenvalue weighted by Crippen LogP contribution is 2.33. The average molecular weight is 714 g/mol. The van der Waals surface area contributed by atoms with E-state index in [4.69, 9.17) is 20.6 Å². The van der Waals surface area contributed by atoms with Gasteiger partial charge >= 0.3 is 10.1 Å². The Morgan fingerprint density at radius 3 is 2.29 bits per heavy atom. The van der Waals surface area contributed by atoms with Crippen LogP contribution in [0, 0.1) is 30.4 Å². The average Bonchev–Trinajstić information content (AvgIpc) is 3.53. The van der Waals surface area contributed by atoms with Gasteiger partial charge < -0.3 is 14.5 Å². The Morgan fingerprint density at radius 2 is 1.59 bits per heavy atom. The molecule has 2 saturated heterocycles. The van der Waals surface area contributed by atoms with Crippen LogP contribution >= 0.6 is 11.6 Å². The molecule has 0 spiro atoms. The molecule has 6 rings (SSSR count). The third-order valence-electron chi connectivity index (χ3n) is 9.27. The monoisotopic (exact) mass is 713 g/mol. The summed E-state index contributed by atoms with van der Waals surface area (Å²) in [6.45, 7) is 6.73. The SMILES string of the molecule is Cc1ccc(S(=O)(=O)ONC2CN(c3ncc(OCC[C@@H](C)C4CCN(c5ncc(Cl)cn5)CC4)cn3)CC2c2cc(F)ccc2F)cc1. The van der Waals surface area contributed by atoms with Crippen molar-refractivity contribution in [2.45, 2.75) is 50.0 Å². The van der Waals surface area contributed by atoms with Gasteiger partial charge in [-0.05, 0) is 73.9 Å². The molecule has 11 nitrogen and oxygen atoms in total. The third kappa shape index (κ3) is 8.61. The zero-order valence-corrected chi connectivity index (χ0v) is 28.7. The fraction of sp³-hybridized carbons (Fsp3) is 0.412. The minimum Gasteiger partial charge on any atom is -0.490 e. The lowest BCUT2D eigenvalue weighted by molar-refractivity contribution is 0.162. The molecule has 2 unspecified atom stereocenters. The fourth-order valence-corrected chi connectivity index (χ4v) is 7.27. The number of hydrogen-bond donors (Lipinski definition) is 1. The van der Waals surface area contributed by atoms with Crippen molar-refractivity contribution in [2.24, 2.45) is 11.8 Å². The van der Waals surface area contributed by atoms with E-state index in [0.717, 1.165) is 56.1 Å². The molecule has 0 amide bonds. The van der Waals surface area contributed by atoms with Crippen LogP contribution in [0.15, 0.2) is 72.1 Å². The summed E-state index contributed by atoms with van der Waals surface area (Å²) in [6.07, 6.45) is 9.35. The van der Waals surface area contributed by atoms with Crippen LogP contribution in [0.25, 0.3) is 0 Å². The fourth-order valence-electron chi connectivity index (χ4n) is 6.36. The predicted molar refractivity (Wildman–Crippen MR) is 181 cm³/mol. The zero-order valence-electron chi connectivity index (χ0n) is 27.2. The van der Waals surface area contributed by atoms with E-state index >= 15 is 0 Å². The molecule has 4 aromatic rings. The van der Waals surface area contributed by atoms with Gasteiger partial charge in [-0.3, -0.25) is 0 Å². The van der Waals surface area contributed by atoms with Gasteiger partial charge in [0.05, 0.1) is 47.4 Å². The standard InChI is InChI=1S/C34H38ClF2N7O4S/c1-22-3-6-28(7-4-22)49(45,46)48-42-32-21-44(20-30(32)29-15-26(36)5-8-31(29)37)34-40-18-27(19-41-34)47-14-11-23(2)24-9-12-43(13-10-24)33-38-16-25(35)17-39-33/h3-8,15-19,23-24,30,32,42H,9-14,20-21H2,1-2H3/t23-,30?,32?/m1/s1. The number of nitrogens with one attached hydrogen (secondary N) is 1. The number of aryl methyl sites for hydroxylation is 1. The van der Waals surface area contributed by atoms with Gasteiger partial charge in [0.2, 0.25) is 11.9 Å². The van der Waals surface area contributed by atoms with Crippen molar-refractivity contribution in [1.82, 2.24) is 25.4 Å². The van der Waals surface area contributed by atoms with Crippen molar-refractivity contribution in [3.63, 3.8) is 0 Å². The number of nitrogens with zero attached hydrogens (tertiary/aromatic N) is 6. The number of hydrogen-bond acceptors (Lipinski definition) is 11. The van der Waals surface area contributed by atoms with Crippen LogP contribution in [-0.4, -0.2) is 67.2 Å². The first-order valence-electron chi connectivity index (χ1n) is 16.2. The molecule has 0 radical (unpaired) electrons. The molecule has 0 aliphatic carbocycles. The third-order valence-corrected chi connectivity index (χ3v) is 10.6. The molecule has 2 aromatic heterocycles. The van der Waals surface area contributed by atoms with Crippen LogP contribution in [0.2, 0.25) is 5.02 Å². The Balaban J connectivity index is 1.04. The Bertz CT molecular complexity index is 1810. The number of ether oxygens (including phenoxy) is 1. The summed E-state index contributed by atoms with van der Waals surface area (Å²) in [4.78, 5) is 21.5. The quantitative estimate of drug-likeness (QED) is 0.182. The zero-order chi connectivity index (χ0) is 34.5. The van der Waals surface area contributed by atoms with E-state index in [1.54, 1.807) is 41.8 Å². The lowest BCUT2D eigenvalue weighted by atomic mass is 9.84. The summed E-state index contributed by atoms with van der Waals surface area (Å²) in [5.74, 6) is 0.696. The lowest BCUT2D eigenvalue weighted by Crippen LogP contribution is -2.37. The van der Waals surface area contributed by atoms with Gasteiger partial charge in [0.15, 0.2) is 5.75 Å². The molecular weight excluding hydrogens is 676 g/mol. The van der Waals surface area contributed by atoms with E-state index in [-0.39, 0.29) is 23.5 Å². The molecule has 2 fully saturated rings. The Kier molecular flexibility index (Phi) is 10.9. The van der Waals surface area contributed by atoms with Gasteiger partial charge in [-0.2, -0.15) is 18.2 Å². The number of anilines is 2. The van der Waals surface area contributed by atoms with Gasteiger partial charge in [-0.15, -0.1) is 0 Å². The van der Waals surface area contributed by atoms with Gasteiger partial charge in [0, 0.05) is 32.1 Å². The second kappa shape index (κ2) is 15.3. The van der Waals surface area contributed by atoms with Crippen molar-refractivity contribution in [1.29, 1.82) is 0 Å². The van der Waals surface area contributed by atoms with Crippen LogP contribution in [0.3, 0.4) is 0 Å². The molecule has 3 atom stereocenters. The summed E-state index contributed by atoms with van der Waals surface area (Å²) in [7, 11) is -4.17. The highest BCUT2D eigenvalue weighted by molar-refractivity contribution is 7.86. The first kappa shape index (κ1) is 34.9. The molecule has 1 N–H and O–H groups in total. The Morgan fingerprint density at radius 1 is 0.939 bits per heavy atom. The molecule has 260 valence electrons. The molecule has 0 saturated carbocycles. The molecular formula is C34H38ClF2N7O4S. The summed E-state index contributed by atoms with van der Waals surface area (Å²) in [5.41, 5.74) is 3.59. The maximum absolute atomic E-state index is 14.9. The summed E-state index contributed by atoms with van der Waals surface area (Å²) in [6, 6.07) is 8.68. The van der Waals surface area contributed by atoms with Crippen LogP contribution in [0.5, 0.6) is 5.75 Å². The van der Waals surface area contributed by atoms with Gasteiger partial charge in [-0.25, -0.2) is 28.7 Å². The number of hydroxylamine groups is 1. The molecule has 49 heavy (non-hydrogen) atoms. The van der Waals surface area contributed by atoms with E-state index in [0.29, 0.717) is 41.1 Å². The minimum atomic E-state index is -4.17. The van der Waals surface area contributed by atoms with E-state index in [1.807, 2.05) is 6.92 Å². The summed E-state index contributed by atoms with van der Waals surface area (Å²) in [5, 5.41) is 0.523. The highest BCUT2D eigenvalue weighted by atomic mass is 35.5. The van der Waals surface area contributed by atoms with E-state index in [1.165, 1.54) is 12.1 Å². The molecule has 2 aliphatic heterocycles. The smallest absolute Gasteiger partial charge is 0.312 e. The predicted octanol–water partition coefficient (Wildman–Crippen LogP) is 5.71. The number of piperidine rings is 1. The maximum atomic E-state index is 14.9. The Labute approximate surface area is 289 Å². The van der Waals surface area contributed by atoms with E-state index in [2.05, 4.69) is 37.2 Å². The van der Waals surface area contributed by atoms with Crippen LogP contribution < -0.4 is 20.0 Å². The topological polar surface area (TPSA) is 123 Å². The number of aromatic nitrogens is 4. The van der Waals surface area contributed by atoms with Crippen molar-refractivity contribution < 1.29 is 26.2 Å². The molecule has 4 heterocycles. The highest BCUT2D eigenvalue weighted by Gasteiger charge is 2.38.